The molecule has 0 bridgehead atoms. The number of rotatable bonds is 7. The molecule has 30 heavy (non-hydrogen) atoms. The first-order chi connectivity index (χ1) is 14.2. The van der Waals surface area contributed by atoms with E-state index in [1.165, 1.54) is 14.0 Å². The first-order valence-electron chi connectivity index (χ1n) is 9.23. The fourth-order valence-electron chi connectivity index (χ4n) is 3.25. The molecule has 3 rings (SSSR count). The van der Waals surface area contributed by atoms with Crippen LogP contribution in [-0.4, -0.2) is 38.3 Å². The molecular weight excluding hydrogens is 426 g/mol. The van der Waals surface area contributed by atoms with Gasteiger partial charge in [0.25, 0.3) is 0 Å². The number of fused-ring (bicyclic) bond motifs is 1. The van der Waals surface area contributed by atoms with E-state index in [1.54, 1.807) is 47.0 Å². The Hall–Kier alpha value is -2.85. The molecule has 1 heterocycles. The van der Waals surface area contributed by atoms with E-state index < -0.39 is 22.0 Å². The van der Waals surface area contributed by atoms with E-state index >= 15 is 0 Å². The van der Waals surface area contributed by atoms with Gasteiger partial charge >= 0.3 is 4.87 Å². The zero-order valence-corrected chi connectivity index (χ0v) is 18.7. The molecule has 1 unspecified atom stereocenters. The Bertz CT molecular complexity index is 1250. The number of ether oxygens (including phenoxy) is 1. The second kappa shape index (κ2) is 8.49. The number of nitrogens with one attached hydrogen (secondary N) is 1. The van der Waals surface area contributed by atoms with E-state index in [4.69, 9.17) is 4.74 Å². The fraction of sp³-hybridized carbons (Fsp3) is 0.300. The summed E-state index contributed by atoms with van der Waals surface area (Å²) in [6.07, 6.45) is 1.05. The summed E-state index contributed by atoms with van der Waals surface area (Å²) in [4.78, 5) is 24.8. The molecule has 0 saturated carbocycles. The predicted octanol–water partition coefficient (Wildman–Crippen LogP) is 2.88. The number of benzene rings is 2. The summed E-state index contributed by atoms with van der Waals surface area (Å²) in [6, 6.07) is 10.7. The number of sulfonamides is 1. The molecule has 3 aromatic rings. The summed E-state index contributed by atoms with van der Waals surface area (Å²) >= 11 is 1.10. The van der Waals surface area contributed by atoms with Crippen LogP contribution in [0.3, 0.4) is 0 Å². The Labute approximate surface area is 178 Å². The average molecular weight is 450 g/mol. The van der Waals surface area contributed by atoms with Crippen molar-refractivity contribution in [3.8, 4) is 5.75 Å². The summed E-state index contributed by atoms with van der Waals surface area (Å²) in [7, 11) is -2.26. The molecule has 1 N–H and O–H groups in total. The number of aromatic nitrogens is 1. The third-order valence-electron chi connectivity index (χ3n) is 4.65. The van der Waals surface area contributed by atoms with E-state index in [-0.39, 0.29) is 4.87 Å². The molecule has 2 aromatic carbocycles. The van der Waals surface area contributed by atoms with Crippen molar-refractivity contribution in [3.05, 3.63) is 52.1 Å². The number of carbonyl (C=O) groups is 1. The summed E-state index contributed by atoms with van der Waals surface area (Å²) in [6.45, 7) is 3.97. The first-order valence-corrected chi connectivity index (χ1v) is 11.9. The van der Waals surface area contributed by atoms with Crippen molar-refractivity contribution in [2.24, 2.45) is 0 Å². The third kappa shape index (κ3) is 4.34. The molecule has 0 aliphatic heterocycles. The largest absolute Gasteiger partial charge is 0.497 e. The monoisotopic (exact) mass is 449 g/mol. The van der Waals surface area contributed by atoms with Gasteiger partial charge in [-0.1, -0.05) is 17.4 Å². The third-order valence-corrected chi connectivity index (χ3v) is 6.83. The van der Waals surface area contributed by atoms with Crippen molar-refractivity contribution in [2.75, 3.05) is 23.0 Å². The molecule has 1 atom stereocenters. The summed E-state index contributed by atoms with van der Waals surface area (Å²) in [5, 5.41) is 2.75. The van der Waals surface area contributed by atoms with Gasteiger partial charge in [-0.25, -0.2) is 8.42 Å². The minimum absolute atomic E-state index is 0.0642. The lowest BCUT2D eigenvalue weighted by Gasteiger charge is -2.28. The van der Waals surface area contributed by atoms with Gasteiger partial charge in [-0.2, -0.15) is 0 Å². The van der Waals surface area contributed by atoms with Crippen LogP contribution >= 0.6 is 11.3 Å². The molecule has 0 fully saturated rings. The Morgan fingerprint density at radius 3 is 2.63 bits per heavy atom. The van der Waals surface area contributed by atoms with Crippen LogP contribution in [0.5, 0.6) is 5.75 Å². The number of amides is 1. The lowest BCUT2D eigenvalue weighted by molar-refractivity contribution is -0.116. The van der Waals surface area contributed by atoms with Crippen LogP contribution in [0.2, 0.25) is 0 Å². The molecule has 0 saturated heterocycles. The minimum Gasteiger partial charge on any atom is -0.497 e. The van der Waals surface area contributed by atoms with Crippen LogP contribution < -0.4 is 19.2 Å². The van der Waals surface area contributed by atoms with Crippen molar-refractivity contribution in [1.29, 1.82) is 0 Å². The maximum atomic E-state index is 12.9. The Balaban J connectivity index is 1.90. The zero-order chi connectivity index (χ0) is 22.1. The highest BCUT2D eigenvalue weighted by Gasteiger charge is 2.29. The Morgan fingerprint density at radius 1 is 1.27 bits per heavy atom. The number of hydrogen-bond donors (Lipinski definition) is 1. The quantitative estimate of drug-likeness (QED) is 0.598. The van der Waals surface area contributed by atoms with Crippen LogP contribution in [0.1, 0.15) is 13.8 Å². The average Bonchev–Trinajstić information content (AvgIpc) is 3.01. The van der Waals surface area contributed by atoms with E-state index in [9.17, 15) is 18.0 Å². The zero-order valence-electron chi connectivity index (χ0n) is 17.1. The highest BCUT2D eigenvalue weighted by Crippen LogP contribution is 2.26. The van der Waals surface area contributed by atoms with Gasteiger partial charge in [0.05, 0.1) is 29.3 Å². The molecular formula is C20H23N3O5S2. The number of hydrogen-bond acceptors (Lipinski definition) is 6. The first kappa shape index (κ1) is 21.8. The standard InChI is InChI=1S/C20H23N3O5S2/c1-5-22-17-10-9-14(11-18(17)29-20(22)25)21-19(24)13(2)23(30(4,26)27)15-7-6-8-16(12-15)28-3/h6-13H,5H2,1-4H3,(H,21,24). The minimum atomic E-state index is -3.75. The normalized spacial score (nSPS) is 12.5. The smallest absolute Gasteiger partial charge is 0.308 e. The van der Waals surface area contributed by atoms with Crippen molar-refractivity contribution < 1.29 is 17.9 Å². The van der Waals surface area contributed by atoms with E-state index in [1.807, 2.05) is 6.92 Å². The molecule has 0 aliphatic rings. The Morgan fingerprint density at radius 2 is 2.00 bits per heavy atom. The number of carbonyl (C=O) groups excluding carboxylic acids is 1. The van der Waals surface area contributed by atoms with E-state index in [2.05, 4.69) is 5.32 Å². The van der Waals surface area contributed by atoms with E-state index in [0.717, 1.165) is 32.1 Å². The summed E-state index contributed by atoms with van der Waals surface area (Å²) in [5.41, 5.74) is 1.61. The molecule has 160 valence electrons. The number of anilines is 2. The second-order valence-electron chi connectivity index (χ2n) is 6.72. The molecule has 1 aromatic heterocycles. The highest BCUT2D eigenvalue weighted by molar-refractivity contribution is 7.92. The highest BCUT2D eigenvalue weighted by atomic mass is 32.2. The maximum absolute atomic E-state index is 12.9. The number of nitrogens with zero attached hydrogens (tertiary/aromatic N) is 2. The fourth-order valence-corrected chi connectivity index (χ4v) is 5.41. The number of thiazole rings is 1. The van der Waals surface area contributed by atoms with E-state index in [0.29, 0.717) is 23.7 Å². The summed E-state index contributed by atoms with van der Waals surface area (Å²) < 4.78 is 33.5. The number of methoxy groups -OCH3 is 1. The number of aryl methyl sites for hydroxylation is 1. The van der Waals surface area contributed by atoms with Crippen molar-refractivity contribution in [2.45, 2.75) is 26.4 Å². The van der Waals surface area contributed by atoms with Crippen LogP contribution in [0, 0.1) is 0 Å². The topological polar surface area (TPSA) is 97.7 Å². The SMILES string of the molecule is CCn1c(=O)sc2cc(NC(=O)C(C)N(c3cccc(OC)c3)S(C)(=O)=O)ccc21. The van der Waals surface area contributed by atoms with Gasteiger partial charge in [0, 0.05) is 18.3 Å². The van der Waals surface area contributed by atoms with Gasteiger partial charge in [-0.15, -0.1) is 0 Å². The predicted molar refractivity (Wildman–Crippen MR) is 120 cm³/mol. The Kier molecular flexibility index (Phi) is 6.18. The van der Waals surface area contributed by atoms with Gasteiger partial charge < -0.3 is 10.1 Å². The second-order valence-corrected chi connectivity index (χ2v) is 9.57. The van der Waals surface area contributed by atoms with Gasteiger partial charge in [0.2, 0.25) is 15.9 Å². The van der Waals surface area contributed by atoms with Gasteiger partial charge in [0.1, 0.15) is 11.8 Å². The molecule has 1 amide bonds. The molecule has 8 nitrogen and oxygen atoms in total. The molecule has 0 aliphatic carbocycles. The van der Waals surface area contributed by atoms with Crippen LogP contribution in [-0.2, 0) is 21.4 Å². The van der Waals surface area contributed by atoms with Crippen LogP contribution in [0.25, 0.3) is 10.2 Å². The van der Waals surface area contributed by atoms with Crippen molar-refractivity contribution in [1.82, 2.24) is 4.57 Å². The van der Waals surface area contributed by atoms with Crippen LogP contribution in [0.4, 0.5) is 11.4 Å². The van der Waals surface area contributed by atoms with Gasteiger partial charge in [0.15, 0.2) is 0 Å². The van der Waals surface area contributed by atoms with Gasteiger partial charge in [-0.3, -0.25) is 18.5 Å². The van der Waals surface area contributed by atoms with Gasteiger partial charge in [-0.05, 0) is 44.2 Å². The summed E-state index contributed by atoms with van der Waals surface area (Å²) in [5.74, 6) is -0.0144. The molecule has 0 radical (unpaired) electrons. The maximum Gasteiger partial charge on any atom is 0.308 e. The van der Waals surface area contributed by atoms with Crippen molar-refractivity contribution >= 4 is 48.9 Å². The lowest BCUT2D eigenvalue weighted by atomic mass is 10.2. The molecule has 0 spiro atoms. The molecule has 10 heteroatoms. The van der Waals surface area contributed by atoms with Crippen LogP contribution in [0.15, 0.2) is 47.3 Å². The van der Waals surface area contributed by atoms with Crippen molar-refractivity contribution in [3.63, 3.8) is 0 Å². The lowest BCUT2D eigenvalue weighted by Crippen LogP contribution is -2.45.